The molecule has 0 saturated heterocycles. The average Bonchev–Trinajstić information content (AvgIpc) is 2.39. The Morgan fingerprint density at radius 1 is 0.320 bits per heavy atom. The highest BCUT2D eigenvalue weighted by molar-refractivity contribution is 5.71. The number of allylic oxidation sites excluding steroid dienone is 18. The van der Waals surface area contributed by atoms with E-state index in [1.165, 1.54) is 231 Å². The molecule has 0 aliphatic heterocycles. The summed E-state index contributed by atoms with van der Waals surface area (Å²) in [6.45, 7) is 4.78. The van der Waals surface area contributed by atoms with E-state index in [4.69, 9.17) is 18.9 Å². The molecule has 0 aromatic heterocycles. The normalized spacial score (nSPS) is 13.2. The lowest BCUT2D eigenvalue weighted by atomic mass is 10.0. The molecule has 0 aliphatic carbocycles. The van der Waals surface area contributed by atoms with Gasteiger partial charge in [0.05, 0.1) is 34.4 Å². The van der Waals surface area contributed by atoms with Gasteiger partial charge in [0, 0.05) is 12.8 Å². The van der Waals surface area contributed by atoms with Crippen LogP contribution in [0.5, 0.6) is 0 Å². The number of ether oxygens (including phenoxy) is 4. The summed E-state index contributed by atoms with van der Waals surface area (Å²) in [6, 6.07) is 0. The van der Waals surface area contributed by atoms with Gasteiger partial charge in [0.25, 0.3) is 6.29 Å². The number of quaternary nitrogens is 1. The number of nitrogens with zero attached hydrogens (tertiary/aromatic N) is 1. The Hall–Kier alpha value is -4.05. The van der Waals surface area contributed by atoms with Crippen LogP contribution >= 0.6 is 0 Å². The number of esters is 2. The third-order valence-electron chi connectivity index (χ3n) is 18.0. The molecule has 560 valence electrons. The first-order chi connectivity index (χ1) is 47.6. The molecule has 0 rings (SSSR count). The Labute approximate surface area is 600 Å². The Bertz CT molecular complexity index is 1970. The van der Waals surface area contributed by atoms with Crippen molar-refractivity contribution < 1.29 is 42.9 Å². The van der Waals surface area contributed by atoms with Gasteiger partial charge in [-0.1, -0.05) is 367 Å². The Morgan fingerprint density at radius 3 is 0.887 bits per heavy atom. The number of carbonyl (C=O) groups is 3. The van der Waals surface area contributed by atoms with Gasteiger partial charge in [0.2, 0.25) is 0 Å². The first kappa shape index (κ1) is 93.0. The minimum atomic E-state index is -1.52. The molecular formula is C88H156NO8+. The van der Waals surface area contributed by atoms with E-state index in [1.54, 1.807) is 0 Å². The molecule has 2 unspecified atom stereocenters. The predicted molar refractivity (Wildman–Crippen MR) is 419 cm³/mol. The van der Waals surface area contributed by atoms with Crippen molar-refractivity contribution in [1.29, 1.82) is 0 Å². The maximum atomic E-state index is 13.0. The summed E-state index contributed by atoms with van der Waals surface area (Å²) in [7, 11) is 5.98. The van der Waals surface area contributed by atoms with Crippen LogP contribution in [-0.4, -0.2) is 87.4 Å². The third-order valence-corrected chi connectivity index (χ3v) is 18.0. The number of hydrogen-bond acceptors (Lipinski definition) is 7. The first-order valence-corrected chi connectivity index (χ1v) is 41.1. The van der Waals surface area contributed by atoms with Crippen molar-refractivity contribution in [3.8, 4) is 0 Å². The van der Waals surface area contributed by atoms with Crippen LogP contribution in [0.4, 0.5) is 0 Å². The van der Waals surface area contributed by atoms with Gasteiger partial charge in [0.15, 0.2) is 6.10 Å². The molecule has 0 heterocycles. The number of carboxylic acid groups (broad SMARTS) is 1. The zero-order valence-corrected chi connectivity index (χ0v) is 64.2. The summed E-state index contributed by atoms with van der Waals surface area (Å²) >= 11 is 0. The fourth-order valence-corrected chi connectivity index (χ4v) is 11.8. The van der Waals surface area contributed by atoms with Crippen LogP contribution in [0, 0.1) is 0 Å². The lowest BCUT2D eigenvalue weighted by molar-refractivity contribution is -0.870. The van der Waals surface area contributed by atoms with Crippen molar-refractivity contribution in [3.05, 3.63) is 109 Å². The summed E-state index contributed by atoms with van der Waals surface area (Å²) < 4.78 is 23.0. The molecule has 0 aromatic rings. The average molecular weight is 1360 g/mol. The van der Waals surface area contributed by atoms with E-state index < -0.39 is 24.3 Å². The van der Waals surface area contributed by atoms with Crippen LogP contribution in [0.1, 0.15) is 373 Å². The third kappa shape index (κ3) is 79.2. The van der Waals surface area contributed by atoms with Crippen molar-refractivity contribution >= 4 is 17.9 Å². The standard InChI is InChI=1S/C88H155NO8/c1-6-8-10-12-14-16-18-20-22-24-26-28-30-32-34-36-38-39-40-41-42-43-44-45-46-47-49-50-52-54-56-58-60-62-64-66-68-70-72-74-76-78-85(90)95-82-84(83-96-88(87(92)93)94-81-80-89(3,4)5)97-86(91)79-77-75-73-71-69-67-65-63-61-59-57-55-53-51-48-37-35-33-31-29-27-25-23-21-19-17-15-13-11-9-7-2/h9,11,15,17,21,23-24,26-27,29,33,35,48,51,55,57,61,63,84,88H,6-8,10,12-14,16,18-20,22,25,28,30-32,34,36-47,49-50,52-54,56,58-60,62,64-83H2,1-5H3/p+1/b11-9-,17-15-,23-21-,26-24-,29-27-,35-33-,51-48-,57-55-,63-61-. The number of likely N-dealkylation sites (N-methyl/N-ethyl adjacent to an activating group) is 1. The lowest BCUT2D eigenvalue weighted by Gasteiger charge is -2.25. The fourth-order valence-electron chi connectivity index (χ4n) is 11.8. The Balaban J connectivity index is 4.01. The van der Waals surface area contributed by atoms with Crippen molar-refractivity contribution in [1.82, 2.24) is 0 Å². The SMILES string of the molecule is CC/C=C\C/C=C\C/C=C\C/C=C\C/C=C\C/C=C\C/C=C\C/C=C\CCCCCCCCC(=O)OC(COC(=O)CCCCCCCCCCCCCCCCCCCCCCCCCCCCCCC/C=C\CCCCCCCCCC)COC(OCC[N+](C)(C)C)C(=O)O. The maximum absolute atomic E-state index is 13.0. The van der Waals surface area contributed by atoms with Gasteiger partial charge in [-0.3, -0.25) is 9.59 Å². The molecule has 1 N–H and O–H groups in total. The van der Waals surface area contributed by atoms with E-state index >= 15 is 0 Å². The van der Waals surface area contributed by atoms with Gasteiger partial charge in [-0.2, -0.15) is 0 Å². The number of aliphatic carboxylic acids is 1. The van der Waals surface area contributed by atoms with Gasteiger partial charge >= 0.3 is 17.9 Å². The van der Waals surface area contributed by atoms with Crippen molar-refractivity contribution in [3.63, 3.8) is 0 Å². The largest absolute Gasteiger partial charge is 0.477 e. The molecule has 0 amide bonds. The Morgan fingerprint density at radius 2 is 0.588 bits per heavy atom. The molecule has 0 aromatic carbocycles. The van der Waals surface area contributed by atoms with Gasteiger partial charge in [-0.25, -0.2) is 4.79 Å². The van der Waals surface area contributed by atoms with E-state index in [0.29, 0.717) is 23.9 Å². The van der Waals surface area contributed by atoms with E-state index in [-0.39, 0.29) is 32.2 Å². The second kappa shape index (κ2) is 77.7. The lowest BCUT2D eigenvalue weighted by Crippen LogP contribution is -2.40. The highest BCUT2D eigenvalue weighted by Gasteiger charge is 2.25. The monoisotopic (exact) mass is 1360 g/mol. The van der Waals surface area contributed by atoms with Crippen molar-refractivity contribution in [2.75, 3.05) is 47.5 Å². The molecule has 0 bridgehead atoms. The number of unbranched alkanes of at least 4 members (excludes halogenated alkanes) is 43. The maximum Gasteiger partial charge on any atom is 0.361 e. The topological polar surface area (TPSA) is 108 Å². The summed E-state index contributed by atoms with van der Waals surface area (Å²) in [4.78, 5) is 37.7. The zero-order valence-electron chi connectivity index (χ0n) is 64.2. The van der Waals surface area contributed by atoms with Crippen molar-refractivity contribution in [2.45, 2.75) is 386 Å². The molecular weight excluding hydrogens is 1200 g/mol. The fraction of sp³-hybridized carbons (Fsp3) is 0.761. The van der Waals surface area contributed by atoms with Crippen LogP contribution < -0.4 is 0 Å². The van der Waals surface area contributed by atoms with Crippen LogP contribution in [0.25, 0.3) is 0 Å². The second-order valence-corrected chi connectivity index (χ2v) is 28.7. The summed E-state index contributed by atoms with van der Waals surface area (Å²) in [5, 5.41) is 9.77. The molecule has 9 heteroatoms. The minimum Gasteiger partial charge on any atom is -0.477 e. The molecule has 0 fully saturated rings. The van der Waals surface area contributed by atoms with E-state index in [2.05, 4.69) is 123 Å². The van der Waals surface area contributed by atoms with E-state index in [0.717, 1.165) is 109 Å². The molecule has 9 nitrogen and oxygen atoms in total. The molecule has 0 saturated carbocycles. The highest BCUT2D eigenvalue weighted by Crippen LogP contribution is 2.19. The quantitative estimate of drug-likeness (QED) is 0.0211. The van der Waals surface area contributed by atoms with Gasteiger partial charge in [-0.05, 0) is 103 Å². The van der Waals surface area contributed by atoms with Gasteiger partial charge in [-0.15, -0.1) is 0 Å². The molecule has 2 atom stereocenters. The van der Waals surface area contributed by atoms with E-state index in [9.17, 15) is 19.5 Å². The van der Waals surface area contributed by atoms with Crippen molar-refractivity contribution in [2.24, 2.45) is 0 Å². The smallest absolute Gasteiger partial charge is 0.361 e. The van der Waals surface area contributed by atoms with Crippen LogP contribution in [0.15, 0.2) is 109 Å². The Kier molecular flexibility index (Phi) is 74.4. The van der Waals surface area contributed by atoms with Gasteiger partial charge < -0.3 is 28.5 Å². The highest BCUT2D eigenvalue weighted by atomic mass is 16.7. The predicted octanol–water partition coefficient (Wildman–Crippen LogP) is 26.5. The van der Waals surface area contributed by atoms with E-state index in [1.807, 2.05) is 21.1 Å². The van der Waals surface area contributed by atoms with Crippen LogP contribution in [0.2, 0.25) is 0 Å². The number of carboxylic acids is 1. The number of carbonyl (C=O) groups excluding carboxylic acids is 2. The molecule has 97 heavy (non-hydrogen) atoms. The summed E-state index contributed by atoms with van der Waals surface area (Å²) in [5.74, 6) is -2.02. The second-order valence-electron chi connectivity index (χ2n) is 28.7. The van der Waals surface area contributed by atoms with Crippen LogP contribution in [0.3, 0.4) is 0 Å². The first-order valence-electron chi connectivity index (χ1n) is 41.1. The molecule has 0 spiro atoms. The molecule has 0 radical (unpaired) electrons. The zero-order chi connectivity index (χ0) is 70.4. The van der Waals surface area contributed by atoms with Crippen LogP contribution in [-0.2, 0) is 33.3 Å². The number of hydrogen-bond donors (Lipinski definition) is 1. The number of rotatable bonds is 76. The van der Waals surface area contributed by atoms with Gasteiger partial charge in [0.1, 0.15) is 13.2 Å². The summed E-state index contributed by atoms with van der Waals surface area (Å²) in [5.41, 5.74) is 0. The molecule has 0 aliphatic rings. The minimum absolute atomic E-state index is 0.181. The summed E-state index contributed by atoms with van der Waals surface area (Å²) in [6.07, 6.45) is 107.